The summed E-state index contributed by atoms with van der Waals surface area (Å²) in [6, 6.07) is 0. The molecule has 0 unspecified atom stereocenters. The van der Waals surface area contributed by atoms with E-state index in [0.29, 0.717) is 5.91 Å². The Balaban J connectivity index is 1.88. The smallest absolute Gasteiger partial charge is 0.227 e. The molecule has 2 aliphatic heterocycles. The van der Waals surface area contributed by atoms with Crippen molar-refractivity contribution in [1.29, 1.82) is 0 Å². The lowest BCUT2D eigenvalue weighted by Crippen LogP contribution is -2.39. The monoisotopic (exact) mass is 197 g/mol. The second-order valence-electron chi connectivity index (χ2n) is 4.12. The Morgan fingerprint density at radius 1 is 1.14 bits per heavy atom. The number of hydrogen-bond donors (Lipinski definition) is 2. The first-order chi connectivity index (χ1) is 6.88. The van der Waals surface area contributed by atoms with E-state index >= 15 is 0 Å². The first kappa shape index (κ1) is 9.93. The molecule has 14 heavy (non-hydrogen) atoms. The average molecular weight is 197 g/mol. The molecule has 0 aromatic carbocycles. The van der Waals surface area contributed by atoms with E-state index in [-0.39, 0.29) is 5.92 Å². The first-order valence-corrected chi connectivity index (χ1v) is 5.58. The zero-order valence-corrected chi connectivity index (χ0v) is 8.59. The van der Waals surface area contributed by atoms with Gasteiger partial charge in [0, 0.05) is 26.2 Å². The second kappa shape index (κ2) is 4.75. The maximum Gasteiger partial charge on any atom is 0.227 e. The molecule has 80 valence electrons. The van der Waals surface area contributed by atoms with Gasteiger partial charge in [-0.2, -0.15) is 0 Å². The van der Waals surface area contributed by atoms with Gasteiger partial charge in [0.2, 0.25) is 5.91 Å². The van der Waals surface area contributed by atoms with Crippen molar-refractivity contribution in [3.8, 4) is 0 Å². The molecule has 0 aromatic heterocycles. The SMILES string of the molecule is O=C([C@@H]1CCNC1)N1CCCNCC1. The summed E-state index contributed by atoms with van der Waals surface area (Å²) in [7, 11) is 0. The molecule has 4 heteroatoms. The van der Waals surface area contributed by atoms with Gasteiger partial charge in [0.15, 0.2) is 0 Å². The van der Waals surface area contributed by atoms with Crippen LogP contribution in [0.15, 0.2) is 0 Å². The lowest BCUT2D eigenvalue weighted by molar-refractivity contribution is -0.134. The quantitative estimate of drug-likeness (QED) is 0.591. The van der Waals surface area contributed by atoms with Gasteiger partial charge in [0.1, 0.15) is 0 Å². The number of nitrogens with one attached hydrogen (secondary N) is 2. The lowest BCUT2D eigenvalue weighted by Gasteiger charge is -2.23. The molecule has 0 saturated carbocycles. The van der Waals surface area contributed by atoms with E-state index in [2.05, 4.69) is 10.6 Å². The summed E-state index contributed by atoms with van der Waals surface area (Å²) in [6.07, 6.45) is 2.11. The maximum atomic E-state index is 12.0. The number of amides is 1. The highest BCUT2D eigenvalue weighted by atomic mass is 16.2. The number of rotatable bonds is 1. The number of carbonyl (C=O) groups is 1. The fourth-order valence-corrected chi connectivity index (χ4v) is 2.19. The van der Waals surface area contributed by atoms with Crippen molar-refractivity contribution in [3.63, 3.8) is 0 Å². The third-order valence-electron chi connectivity index (χ3n) is 3.06. The van der Waals surface area contributed by atoms with E-state index in [1.54, 1.807) is 0 Å². The van der Waals surface area contributed by atoms with Crippen molar-refractivity contribution < 1.29 is 4.79 Å². The van der Waals surface area contributed by atoms with Gasteiger partial charge in [0.25, 0.3) is 0 Å². The summed E-state index contributed by atoms with van der Waals surface area (Å²) < 4.78 is 0. The summed E-state index contributed by atoms with van der Waals surface area (Å²) in [6.45, 7) is 5.70. The molecular formula is C10H19N3O. The van der Waals surface area contributed by atoms with Gasteiger partial charge in [-0.05, 0) is 25.9 Å². The van der Waals surface area contributed by atoms with Gasteiger partial charge in [-0.25, -0.2) is 0 Å². The molecular weight excluding hydrogens is 178 g/mol. The highest BCUT2D eigenvalue weighted by molar-refractivity contribution is 5.79. The van der Waals surface area contributed by atoms with E-state index in [0.717, 1.165) is 52.1 Å². The number of hydrogen-bond acceptors (Lipinski definition) is 3. The molecule has 2 N–H and O–H groups in total. The van der Waals surface area contributed by atoms with E-state index in [9.17, 15) is 4.79 Å². The molecule has 0 aromatic rings. The summed E-state index contributed by atoms with van der Waals surface area (Å²) in [5.41, 5.74) is 0. The molecule has 4 nitrogen and oxygen atoms in total. The zero-order chi connectivity index (χ0) is 9.80. The fraction of sp³-hybridized carbons (Fsp3) is 0.900. The van der Waals surface area contributed by atoms with Crippen LogP contribution in [-0.4, -0.2) is 50.1 Å². The molecule has 0 radical (unpaired) electrons. The van der Waals surface area contributed by atoms with E-state index in [1.165, 1.54) is 0 Å². The maximum absolute atomic E-state index is 12.0. The van der Waals surface area contributed by atoms with Gasteiger partial charge in [-0.3, -0.25) is 4.79 Å². The molecule has 0 bridgehead atoms. The van der Waals surface area contributed by atoms with Crippen molar-refractivity contribution >= 4 is 5.91 Å². The Kier molecular flexibility index (Phi) is 3.37. The van der Waals surface area contributed by atoms with Crippen LogP contribution in [-0.2, 0) is 4.79 Å². The van der Waals surface area contributed by atoms with Crippen LogP contribution >= 0.6 is 0 Å². The molecule has 2 saturated heterocycles. The topological polar surface area (TPSA) is 44.4 Å². The second-order valence-corrected chi connectivity index (χ2v) is 4.12. The predicted octanol–water partition coefficient (Wildman–Crippen LogP) is -0.582. The molecule has 0 aliphatic carbocycles. The van der Waals surface area contributed by atoms with Crippen LogP contribution < -0.4 is 10.6 Å². The lowest BCUT2D eigenvalue weighted by atomic mass is 10.1. The summed E-state index contributed by atoms with van der Waals surface area (Å²) >= 11 is 0. The molecule has 1 amide bonds. The minimum Gasteiger partial charge on any atom is -0.341 e. The molecule has 2 rings (SSSR count). The van der Waals surface area contributed by atoms with Crippen molar-refractivity contribution in [2.75, 3.05) is 39.3 Å². The van der Waals surface area contributed by atoms with Crippen molar-refractivity contribution in [3.05, 3.63) is 0 Å². The standard InChI is InChI=1S/C10H19N3O/c14-10(9-2-4-12-8-9)13-6-1-3-11-5-7-13/h9,11-12H,1-8H2/t9-/m1/s1. The highest BCUT2D eigenvalue weighted by Gasteiger charge is 2.27. The van der Waals surface area contributed by atoms with Crippen molar-refractivity contribution in [1.82, 2.24) is 15.5 Å². The summed E-state index contributed by atoms with van der Waals surface area (Å²) in [5.74, 6) is 0.604. The molecule has 0 spiro atoms. The van der Waals surface area contributed by atoms with Gasteiger partial charge in [-0.1, -0.05) is 0 Å². The van der Waals surface area contributed by atoms with Crippen molar-refractivity contribution in [2.24, 2.45) is 5.92 Å². The van der Waals surface area contributed by atoms with Crippen LogP contribution in [0, 0.1) is 5.92 Å². The van der Waals surface area contributed by atoms with Gasteiger partial charge >= 0.3 is 0 Å². The van der Waals surface area contributed by atoms with Crippen LogP contribution in [0.25, 0.3) is 0 Å². The minimum absolute atomic E-state index is 0.244. The molecule has 2 heterocycles. The Labute approximate surface area is 85.0 Å². The first-order valence-electron chi connectivity index (χ1n) is 5.58. The largest absolute Gasteiger partial charge is 0.341 e. The average Bonchev–Trinajstić information content (AvgIpc) is 2.59. The Morgan fingerprint density at radius 3 is 2.86 bits per heavy atom. The molecule has 2 fully saturated rings. The third-order valence-corrected chi connectivity index (χ3v) is 3.06. The third kappa shape index (κ3) is 2.25. The summed E-state index contributed by atoms with van der Waals surface area (Å²) in [4.78, 5) is 14.0. The number of carbonyl (C=O) groups excluding carboxylic acids is 1. The van der Waals surface area contributed by atoms with Crippen LogP contribution in [0.4, 0.5) is 0 Å². The van der Waals surface area contributed by atoms with Crippen molar-refractivity contribution in [2.45, 2.75) is 12.8 Å². The van der Waals surface area contributed by atoms with Crippen LogP contribution in [0.3, 0.4) is 0 Å². The van der Waals surface area contributed by atoms with Gasteiger partial charge < -0.3 is 15.5 Å². The Bertz CT molecular complexity index is 194. The van der Waals surface area contributed by atoms with Gasteiger partial charge in [-0.15, -0.1) is 0 Å². The van der Waals surface area contributed by atoms with E-state index < -0.39 is 0 Å². The van der Waals surface area contributed by atoms with Crippen LogP contribution in [0.2, 0.25) is 0 Å². The number of nitrogens with zero attached hydrogens (tertiary/aromatic N) is 1. The molecule has 1 atom stereocenters. The fourth-order valence-electron chi connectivity index (χ4n) is 2.19. The van der Waals surface area contributed by atoms with E-state index in [4.69, 9.17) is 0 Å². The van der Waals surface area contributed by atoms with Crippen LogP contribution in [0.1, 0.15) is 12.8 Å². The minimum atomic E-state index is 0.244. The predicted molar refractivity (Wildman–Crippen MR) is 55.0 cm³/mol. The molecule has 2 aliphatic rings. The zero-order valence-electron chi connectivity index (χ0n) is 8.59. The Morgan fingerprint density at radius 2 is 2.07 bits per heavy atom. The summed E-state index contributed by atoms with van der Waals surface area (Å²) in [5, 5.41) is 6.56. The highest BCUT2D eigenvalue weighted by Crippen LogP contribution is 2.12. The normalized spacial score (nSPS) is 28.9. The van der Waals surface area contributed by atoms with Crippen LogP contribution in [0.5, 0.6) is 0 Å². The van der Waals surface area contributed by atoms with Gasteiger partial charge in [0.05, 0.1) is 5.92 Å². The Hall–Kier alpha value is -0.610. The van der Waals surface area contributed by atoms with E-state index in [1.807, 2.05) is 4.90 Å².